The maximum Gasteiger partial charge on any atom is 0.244 e. The summed E-state index contributed by atoms with van der Waals surface area (Å²) in [5, 5.41) is 0. The van der Waals surface area contributed by atoms with Gasteiger partial charge < -0.3 is 17.0 Å². The third-order valence-electron chi connectivity index (χ3n) is 7.28. The van der Waals surface area contributed by atoms with E-state index in [4.69, 9.17) is 0 Å². The Balaban J connectivity index is 0.00000578. The minimum Gasteiger partial charge on any atom is -1.00 e. The lowest BCUT2D eigenvalue weighted by molar-refractivity contribution is -0.672. The van der Waals surface area contributed by atoms with Crippen molar-refractivity contribution in [3.63, 3.8) is 0 Å². The lowest BCUT2D eigenvalue weighted by atomic mass is 10.1. The number of nitrogens with zero attached hydrogens (tertiary/aromatic N) is 2. The van der Waals surface area contributed by atoms with Crippen molar-refractivity contribution in [3.05, 3.63) is 30.6 Å². The third kappa shape index (κ3) is 13.3. The molecule has 2 rings (SSSR count). The number of aromatic nitrogens is 2. The molecule has 0 spiro atoms. The summed E-state index contributed by atoms with van der Waals surface area (Å²) in [6.45, 7) is 6.94. The summed E-state index contributed by atoms with van der Waals surface area (Å²) in [7, 11) is 0. The van der Waals surface area contributed by atoms with Crippen molar-refractivity contribution < 1.29 is 21.5 Å². The van der Waals surface area contributed by atoms with E-state index in [1.54, 1.807) is 0 Å². The van der Waals surface area contributed by atoms with Gasteiger partial charge in [-0.15, -0.1) is 0 Å². The molecule has 0 saturated heterocycles. The van der Waals surface area contributed by atoms with Crippen LogP contribution in [0, 0.1) is 0 Å². The van der Waals surface area contributed by atoms with Crippen LogP contribution in [0.5, 0.6) is 0 Å². The fourth-order valence-corrected chi connectivity index (χ4v) is 5.14. The number of aryl methyl sites for hydroxylation is 2. The summed E-state index contributed by atoms with van der Waals surface area (Å²) in [6.07, 6.45) is 30.5. The van der Waals surface area contributed by atoms with Gasteiger partial charge in [0, 0.05) is 0 Å². The van der Waals surface area contributed by atoms with Gasteiger partial charge in [0.15, 0.2) is 11.0 Å². The summed E-state index contributed by atoms with van der Waals surface area (Å²) < 4.78 is 5.02. The fraction of sp³-hybridized carbons (Fsp3) is 0.774. The Kier molecular flexibility index (Phi) is 19.7. The van der Waals surface area contributed by atoms with E-state index >= 15 is 0 Å². The van der Waals surface area contributed by atoms with Gasteiger partial charge in [-0.3, -0.25) is 0 Å². The molecule has 0 aliphatic carbocycles. The third-order valence-corrected chi connectivity index (χ3v) is 7.28. The first-order chi connectivity index (χ1) is 16.4. The van der Waals surface area contributed by atoms with Crippen molar-refractivity contribution >= 4 is 11.0 Å². The quantitative estimate of drug-likeness (QED) is 0.116. The van der Waals surface area contributed by atoms with Crippen LogP contribution in [0.4, 0.5) is 0 Å². The monoisotopic (exact) mass is 534 g/mol. The van der Waals surface area contributed by atoms with E-state index in [0.717, 1.165) is 0 Å². The molecule has 0 saturated carbocycles. The van der Waals surface area contributed by atoms with Gasteiger partial charge in [0.05, 0.1) is 13.1 Å². The van der Waals surface area contributed by atoms with Gasteiger partial charge in [-0.25, -0.2) is 9.13 Å². The second-order valence-electron chi connectivity index (χ2n) is 10.4. The maximum absolute atomic E-state index is 2.51. The summed E-state index contributed by atoms with van der Waals surface area (Å²) in [5.41, 5.74) is 2.83. The van der Waals surface area contributed by atoms with Gasteiger partial charge in [0.2, 0.25) is 6.33 Å². The van der Waals surface area contributed by atoms with Crippen molar-refractivity contribution in [1.29, 1.82) is 0 Å². The van der Waals surface area contributed by atoms with Gasteiger partial charge >= 0.3 is 0 Å². The minimum atomic E-state index is 0. The van der Waals surface area contributed by atoms with Crippen LogP contribution >= 0.6 is 0 Å². The van der Waals surface area contributed by atoms with E-state index in [0.29, 0.717) is 0 Å². The molecule has 0 aliphatic rings. The summed E-state index contributed by atoms with van der Waals surface area (Å²) in [4.78, 5) is 0. The zero-order valence-electron chi connectivity index (χ0n) is 22.7. The predicted molar refractivity (Wildman–Crippen MR) is 146 cm³/mol. The Hall–Kier alpha value is -0.830. The Morgan fingerprint density at radius 3 is 1.53 bits per heavy atom. The predicted octanol–water partition coefficient (Wildman–Crippen LogP) is 6.77. The van der Waals surface area contributed by atoms with Crippen molar-refractivity contribution in [2.45, 2.75) is 155 Å². The lowest BCUT2D eigenvalue weighted by Gasteiger charge is -2.02. The molecule has 3 heteroatoms. The Bertz CT molecular complexity index is 651. The SMILES string of the molecule is CCCCCCCCCCCCn1c[n+](CCCCCCCCCCCC)c2ccccc21.[Br-]. The van der Waals surface area contributed by atoms with E-state index < -0.39 is 0 Å². The summed E-state index contributed by atoms with van der Waals surface area (Å²) in [5.74, 6) is 0. The second kappa shape index (κ2) is 21.5. The number of para-hydroxylation sites is 2. The summed E-state index contributed by atoms with van der Waals surface area (Å²) in [6, 6.07) is 9.01. The molecule has 0 fully saturated rings. The minimum absolute atomic E-state index is 0. The van der Waals surface area contributed by atoms with Crippen molar-refractivity contribution in [2.75, 3.05) is 0 Å². The van der Waals surface area contributed by atoms with Crippen molar-refractivity contribution in [1.82, 2.24) is 4.57 Å². The van der Waals surface area contributed by atoms with E-state index in [9.17, 15) is 0 Å². The van der Waals surface area contributed by atoms with Crippen LogP contribution < -0.4 is 21.5 Å². The normalized spacial score (nSPS) is 11.2. The first-order valence-electron chi connectivity index (χ1n) is 14.8. The van der Waals surface area contributed by atoms with E-state index in [-0.39, 0.29) is 17.0 Å². The zero-order valence-corrected chi connectivity index (χ0v) is 24.3. The first kappa shape index (κ1) is 31.2. The van der Waals surface area contributed by atoms with Gasteiger partial charge in [-0.2, -0.15) is 0 Å². The molecule has 0 bridgehead atoms. The molecule has 0 unspecified atom stereocenters. The zero-order chi connectivity index (χ0) is 23.4. The molecule has 2 aromatic rings. The van der Waals surface area contributed by atoms with Crippen LogP contribution in [0.25, 0.3) is 11.0 Å². The number of hydrogen-bond acceptors (Lipinski definition) is 0. The highest BCUT2D eigenvalue weighted by Gasteiger charge is 2.14. The second-order valence-corrected chi connectivity index (χ2v) is 10.4. The van der Waals surface area contributed by atoms with Crippen molar-refractivity contribution in [2.24, 2.45) is 0 Å². The molecule has 196 valence electrons. The van der Waals surface area contributed by atoms with E-state index in [1.807, 2.05) is 0 Å². The Morgan fingerprint density at radius 2 is 1.00 bits per heavy atom. The molecule has 2 nitrogen and oxygen atoms in total. The van der Waals surface area contributed by atoms with Crippen LogP contribution in [-0.2, 0) is 13.1 Å². The van der Waals surface area contributed by atoms with Gasteiger partial charge in [-0.1, -0.05) is 129 Å². The number of hydrogen-bond donors (Lipinski definition) is 0. The molecule has 0 radical (unpaired) electrons. The standard InChI is InChI=1S/C31H55N2.BrH/c1-3-5-7-9-11-13-15-17-19-23-27-32-29-33(31-26-22-21-25-30(31)32)28-24-20-18-16-14-12-10-8-6-4-2;/h21-22,25-26,29H,3-20,23-24,27-28H2,1-2H3;1H/q+1;/p-1. The molecule has 0 N–H and O–H groups in total. The lowest BCUT2D eigenvalue weighted by Crippen LogP contribution is -3.00. The Labute approximate surface area is 222 Å². The average Bonchev–Trinajstić information content (AvgIpc) is 3.19. The van der Waals surface area contributed by atoms with Crippen LogP contribution in [0.3, 0.4) is 0 Å². The number of imidazole rings is 1. The number of fused-ring (bicyclic) bond motifs is 1. The largest absolute Gasteiger partial charge is 1.00 e. The molecular weight excluding hydrogens is 480 g/mol. The van der Waals surface area contributed by atoms with Gasteiger partial charge in [0.25, 0.3) is 0 Å². The highest BCUT2D eigenvalue weighted by molar-refractivity contribution is 5.71. The van der Waals surface area contributed by atoms with Crippen molar-refractivity contribution in [3.8, 4) is 0 Å². The van der Waals surface area contributed by atoms with Gasteiger partial charge in [0.1, 0.15) is 0 Å². The molecule has 0 atom stereocenters. The topological polar surface area (TPSA) is 8.81 Å². The molecule has 1 aromatic carbocycles. The highest BCUT2D eigenvalue weighted by atomic mass is 79.9. The average molecular weight is 536 g/mol. The molecule has 34 heavy (non-hydrogen) atoms. The molecule has 0 aliphatic heterocycles. The van der Waals surface area contributed by atoms with Crippen LogP contribution in [0.1, 0.15) is 142 Å². The van der Waals surface area contributed by atoms with E-state index in [1.165, 1.54) is 153 Å². The Morgan fingerprint density at radius 1 is 0.559 bits per heavy atom. The molecule has 0 amide bonds. The fourth-order valence-electron chi connectivity index (χ4n) is 5.14. The highest BCUT2D eigenvalue weighted by Crippen LogP contribution is 2.15. The number of halogens is 1. The van der Waals surface area contributed by atoms with Crippen LogP contribution in [0.15, 0.2) is 30.6 Å². The van der Waals surface area contributed by atoms with Gasteiger partial charge in [-0.05, 0) is 37.8 Å². The smallest absolute Gasteiger partial charge is 0.244 e. The maximum atomic E-state index is 2.51. The van der Waals surface area contributed by atoms with Crippen LogP contribution in [0.2, 0.25) is 0 Å². The molecular formula is C31H55BrN2. The first-order valence-corrected chi connectivity index (χ1v) is 14.8. The van der Waals surface area contributed by atoms with Crippen LogP contribution in [-0.4, -0.2) is 4.57 Å². The number of rotatable bonds is 22. The molecule has 1 aromatic heterocycles. The summed E-state index contributed by atoms with van der Waals surface area (Å²) >= 11 is 0. The molecule has 1 heterocycles. The number of unbranched alkanes of at least 4 members (excludes halogenated alkanes) is 18. The number of benzene rings is 1. The van der Waals surface area contributed by atoms with E-state index in [2.05, 4.69) is 53.6 Å².